The summed E-state index contributed by atoms with van der Waals surface area (Å²) in [4.78, 5) is 11.4. The molecule has 0 bridgehead atoms. The van der Waals surface area contributed by atoms with Crippen molar-refractivity contribution in [2.45, 2.75) is 19.8 Å². The minimum atomic E-state index is 0.565. The molecular formula is C23H27N5. The minimum absolute atomic E-state index is 0.565. The fourth-order valence-corrected chi connectivity index (χ4v) is 4.99. The van der Waals surface area contributed by atoms with E-state index in [1.807, 2.05) is 19.3 Å². The molecule has 5 nitrogen and oxygen atoms in total. The van der Waals surface area contributed by atoms with Crippen LogP contribution in [-0.2, 0) is 7.05 Å². The third-order valence-corrected chi connectivity index (χ3v) is 6.59. The van der Waals surface area contributed by atoms with Gasteiger partial charge in [0.25, 0.3) is 0 Å². The molecule has 0 unspecified atom stereocenters. The Kier molecular flexibility index (Phi) is 3.85. The van der Waals surface area contributed by atoms with Crippen molar-refractivity contribution in [3.63, 3.8) is 0 Å². The number of nitrogens with zero attached hydrogens (tertiary/aromatic N) is 4. The Labute approximate surface area is 166 Å². The topological polar surface area (TPSA) is 46.0 Å². The number of nitrogens with one attached hydrogen (secondary N) is 1. The van der Waals surface area contributed by atoms with Crippen molar-refractivity contribution >= 4 is 16.6 Å². The van der Waals surface area contributed by atoms with E-state index < -0.39 is 0 Å². The normalized spacial score (nSPS) is 18.8. The van der Waals surface area contributed by atoms with Crippen LogP contribution in [0.3, 0.4) is 0 Å². The van der Waals surface area contributed by atoms with Gasteiger partial charge in [0, 0.05) is 43.0 Å². The first-order valence-electron chi connectivity index (χ1n) is 9.95. The zero-order valence-electron chi connectivity index (χ0n) is 16.9. The van der Waals surface area contributed by atoms with Crippen molar-refractivity contribution in [2.24, 2.45) is 18.4 Å². The number of benzene rings is 1. The number of allylic oxidation sites excluding steroid dienone is 1. The van der Waals surface area contributed by atoms with Crippen molar-refractivity contribution in [3.05, 3.63) is 54.8 Å². The van der Waals surface area contributed by atoms with Crippen LogP contribution in [-0.4, -0.2) is 39.6 Å². The number of aryl methyl sites for hydroxylation is 1. The zero-order chi connectivity index (χ0) is 19.5. The smallest absolute Gasteiger partial charge is 0.130 e. The number of hydrogen-bond donors (Lipinski definition) is 1. The van der Waals surface area contributed by atoms with Gasteiger partial charge in [-0.1, -0.05) is 18.7 Å². The van der Waals surface area contributed by atoms with Gasteiger partial charge in [-0.2, -0.15) is 0 Å². The highest BCUT2D eigenvalue weighted by Crippen LogP contribution is 2.53. The maximum atomic E-state index is 4.60. The monoisotopic (exact) mass is 373 g/mol. The number of likely N-dealkylation sites (tertiary alicyclic amines) is 1. The van der Waals surface area contributed by atoms with Crippen LogP contribution in [0.5, 0.6) is 0 Å². The first-order valence-corrected chi connectivity index (χ1v) is 9.95. The molecule has 5 rings (SSSR count). The molecule has 0 amide bonds. The number of imidazole rings is 1. The molecule has 1 aliphatic heterocycles. The molecule has 144 valence electrons. The Balaban J connectivity index is 1.34. The lowest BCUT2D eigenvalue weighted by Crippen LogP contribution is -2.61. The molecule has 3 aromatic rings. The maximum Gasteiger partial charge on any atom is 0.130 e. The molecule has 1 saturated heterocycles. The molecule has 3 heterocycles. The lowest BCUT2D eigenvalue weighted by molar-refractivity contribution is -0.0703. The Morgan fingerprint density at radius 2 is 1.89 bits per heavy atom. The van der Waals surface area contributed by atoms with E-state index >= 15 is 0 Å². The van der Waals surface area contributed by atoms with Crippen molar-refractivity contribution in [1.82, 2.24) is 19.4 Å². The third-order valence-electron chi connectivity index (χ3n) is 6.59. The molecule has 2 aromatic heterocycles. The summed E-state index contributed by atoms with van der Waals surface area (Å²) in [7, 11) is 4.25. The number of pyridine rings is 1. The number of hydrogen-bond acceptors (Lipinski definition) is 4. The first-order chi connectivity index (χ1) is 13.4. The quantitative estimate of drug-likeness (QED) is 0.744. The summed E-state index contributed by atoms with van der Waals surface area (Å²) >= 11 is 0. The summed E-state index contributed by atoms with van der Waals surface area (Å²) in [6, 6.07) is 8.60. The van der Waals surface area contributed by atoms with Crippen LogP contribution < -0.4 is 5.32 Å². The van der Waals surface area contributed by atoms with Gasteiger partial charge in [-0.25, -0.2) is 9.97 Å². The van der Waals surface area contributed by atoms with Gasteiger partial charge >= 0.3 is 0 Å². The van der Waals surface area contributed by atoms with Crippen LogP contribution in [0.2, 0.25) is 0 Å². The summed E-state index contributed by atoms with van der Waals surface area (Å²) in [5.41, 5.74) is 3.96. The number of fused-ring (bicyclic) bond motifs is 1. The average Bonchev–Trinajstić information content (AvgIpc) is 2.95. The molecule has 2 aliphatic rings. The molecule has 5 heteroatoms. The van der Waals surface area contributed by atoms with Gasteiger partial charge in [0.2, 0.25) is 0 Å². The number of rotatable bonds is 4. The van der Waals surface area contributed by atoms with Crippen molar-refractivity contribution in [1.29, 1.82) is 0 Å². The summed E-state index contributed by atoms with van der Waals surface area (Å²) in [5.74, 6) is 2.46. The third kappa shape index (κ3) is 2.81. The van der Waals surface area contributed by atoms with E-state index in [1.165, 1.54) is 36.9 Å². The summed E-state index contributed by atoms with van der Waals surface area (Å²) < 4.78 is 2.12. The lowest BCUT2D eigenvalue weighted by atomic mass is 9.57. The molecule has 1 N–H and O–H groups in total. The number of aromatic nitrogens is 3. The van der Waals surface area contributed by atoms with E-state index in [4.69, 9.17) is 0 Å². The van der Waals surface area contributed by atoms with E-state index in [0.29, 0.717) is 11.3 Å². The second-order valence-corrected chi connectivity index (χ2v) is 8.81. The molecule has 1 aliphatic carbocycles. The molecular weight excluding hydrogens is 346 g/mol. The van der Waals surface area contributed by atoms with Gasteiger partial charge in [0.15, 0.2) is 0 Å². The highest BCUT2D eigenvalue weighted by Gasteiger charge is 2.51. The predicted molar refractivity (Wildman–Crippen MR) is 114 cm³/mol. The molecule has 28 heavy (non-hydrogen) atoms. The van der Waals surface area contributed by atoms with Crippen LogP contribution in [0.4, 0.5) is 5.82 Å². The zero-order valence-corrected chi connectivity index (χ0v) is 16.9. The van der Waals surface area contributed by atoms with Crippen LogP contribution in [0.25, 0.3) is 22.0 Å². The molecule has 0 atom stereocenters. The minimum Gasteiger partial charge on any atom is -0.344 e. The molecule has 1 saturated carbocycles. The highest BCUT2D eigenvalue weighted by molar-refractivity contribution is 5.88. The van der Waals surface area contributed by atoms with Gasteiger partial charge in [-0.15, -0.1) is 0 Å². The Morgan fingerprint density at radius 3 is 2.57 bits per heavy atom. The summed E-state index contributed by atoms with van der Waals surface area (Å²) in [5, 5.41) is 5.78. The molecule has 0 radical (unpaired) electrons. The maximum absolute atomic E-state index is 4.60. The van der Waals surface area contributed by atoms with E-state index in [0.717, 1.165) is 28.4 Å². The van der Waals surface area contributed by atoms with Gasteiger partial charge in [-0.3, -0.25) is 0 Å². The molecule has 2 fully saturated rings. The van der Waals surface area contributed by atoms with Gasteiger partial charge < -0.3 is 14.8 Å². The Morgan fingerprint density at radius 1 is 1.11 bits per heavy atom. The van der Waals surface area contributed by atoms with Crippen LogP contribution in [0.15, 0.2) is 48.9 Å². The fourth-order valence-electron chi connectivity index (χ4n) is 4.99. The summed E-state index contributed by atoms with van der Waals surface area (Å²) in [6.07, 6.45) is 6.37. The number of anilines is 1. The molecule has 1 spiro atoms. The van der Waals surface area contributed by atoms with Crippen molar-refractivity contribution in [3.8, 4) is 11.3 Å². The van der Waals surface area contributed by atoms with Crippen molar-refractivity contribution < 1.29 is 0 Å². The lowest BCUT2D eigenvalue weighted by Gasteiger charge is -2.58. The Bertz CT molecular complexity index is 1070. The van der Waals surface area contributed by atoms with E-state index in [2.05, 4.69) is 69.7 Å². The van der Waals surface area contributed by atoms with E-state index in [1.54, 1.807) is 0 Å². The second-order valence-electron chi connectivity index (χ2n) is 8.81. The van der Waals surface area contributed by atoms with Crippen LogP contribution in [0, 0.1) is 18.3 Å². The standard InChI is InChI=1S/C23H27N5/c1-15(20-9-23(10-20)13-27(3)14-23)26-22-8-19-7-17(5-6-18(19)11-25-22)21-12-24-16(2)28(21)4/h5-8,11-12,20H,1,9-10,13-14H2,2-4H3,(H,25,26). The van der Waals surface area contributed by atoms with Crippen LogP contribution in [0.1, 0.15) is 18.7 Å². The average molecular weight is 374 g/mol. The van der Waals surface area contributed by atoms with Gasteiger partial charge in [0.1, 0.15) is 11.6 Å². The van der Waals surface area contributed by atoms with E-state index in [-0.39, 0.29) is 0 Å². The Hall–Kier alpha value is -2.66. The van der Waals surface area contributed by atoms with Crippen LogP contribution >= 0.6 is 0 Å². The second kappa shape index (κ2) is 6.17. The molecule has 1 aromatic carbocycles. The predicted octanol–water partition coefficient (Wildman–Crippen LogP) is 4.21. The van der Waals surface area contributed by atoms with E-state index in [9.17, 15) is 0 Å². The fraction of sp³-hybridized carbons (Fsp3) is 0.391. The largest absolute Gasteiger partial charge is 0.344 e. The summed E-state index contributed by atoms with van der Waals surface area (Å²) in [6.45, 7) is 8.80. The first kappa shape index (κ1) is 17.4. The van der Waals surface area contributed by atoms with Gasteiger partial charge in [-0.05, 0) is 55.7 Å². The SMILES string of the molecule is C=C(Nc1cc2cc(-c3cnc(C)n3C)ccc2cn1)C1CC2(C1)CN(C)C2. The van der Waals surface area contributed by atoms with Gasteiger partial charge in [0.05, 0.1) is 11.9 Å². The highest BCUT2D eigenvalue weighted by atomic mass is 15.2. The van der Waals surface area contributed by atoms with Crippen molar-refractivity contribution in [2.75, 3.05) is 25.5 Å².